The lowest BCUT2D eigenvalue weighted by molar-refractivity contribution is 0.0551. The lowest BCUT2D eigenvalue weighted by atomic mass is 10.2. The summed E-state index contributed by atoms with van der Waals surface area (Å²) < 4.78 is 10.9. The third-order valence-electron chi connectivity index (χ3n) is 1.99. The number of nitrogen functional groups attached to an aromatic ring is 1. The van der Waals surface area contributed by atoms with Gasteiger partial charge in [0.05, 0.1) is 12.7 Å². The van der Waals surface area contributed by atoms with Gasteiger partial charge in [0, 0.05) is 5.69 Å². The van der Waals surface area contributed by atoms with Gasteiger partial charge in [0.1, 0.15) is 12.4 Å². The number of nitrogens with two attached hydrogens (primary N) is 1. The van der Waals surface area contributed by atoms with E-state index in [0.717, 1.165) is 17.0 Å². The summed E-state index contributed by atoms with van der Waals surface area (Å²) in [6.07, 6.45) is 0.251. The molecule has 1 aromatic rings. The third kappa shape index (κ3) is 4.21. The molecule has 0 spiro atoms. The maximum Gasteiger partial charge on any atom is 0.122 e. The minimum atomic E-state index is 0.251. The Morgan fingerprint density at radius 2 is 2.00 bits per heavy atom. The van der Waals surface area contributed by atoms with Gasteiger partial charge in [0.15, 0.2) is 0 Å². The average molecular weight is 209 g/mol. The first-order valence-corrected chi connectivity index (χ1v) is 5.20. The van der Waals surface area contributed by atoms with E-state index in [0.29, 0.717) is 13.2 Å². The van der Waals surface area contributed by atoms with Gasteiger partial charge in [-0.1, -0.05) is 0 Å². The minimum absolute atomic E-state index is 0.251. The van der Waals surface area contributed by atoms with Crippen LogP contribution in [0.1, 0.15) is 19.4 Å². The molecule has 0 aliphatic carbocycles. The molecule has 0 unspecified atom stereocenters. The van der Waals surface area contributed by atoms with E-state index in [1.54, 1.807) is 0 Å². The molecule has 3 nitrogen and oxygen atoms in total. The fraction of sp³-hybridized carbons (Fsp3) is 0.500. The molecule has 1 rings (SSSR count). The summed E-state index contributed by atoms with van der Waals surface area (Å²) in [4.78, 5) is 0. The molecule has 0 aromatic heterocycles. The van der Waals surface area contributed by atoms with Gasteiger partial charge in [-0.05, 0) is 44.5 Å². The molecular formula is C12H19NO2. The molecule has 0 aliphatic rings. The van der Waals surface area contributed by atoms with Crippen molar-refractivity contribution in [2.75, 3.05) is 18.9 Å². The van der Waals surface area contributed by atoms with Crippen LogP contribution in [0, 0.1) is 6.92 Å². The van der Waals surface area contributed by atoms with E-state index in [4.69, 9.17) is 15.2 Å². The van der Waals surface area contributed by atoms with Crippen molar-refractivity contribution in [3.05, 3.63) is 23.8 Å². The van der Waals surface area contributed by atoms with Crippen molar-refractivity contribution >= 4 is 5.69 Å². The molecule has 0 heterocycles. The summed E-state index contributed by atoms with van der Waals surface area (Å²) in [6.45, 7) is 7.18. The predicted molar refractivity (Wildman–Crippen MR) is 62.2 cm³/mol. The van der Waals surface area contributed by atoms with Crippen LogP contribution in [0.2, 0.25) is 0 Å². The minimum Gasteiger partial charge on any atom is -0.491 e. The topological polar surface area (TPSA) is 44.5 Å². The summed E-state index contributed by atoms with van der Waals surface area (Å²) in [6, 6.07) is 5.63. The molecule has 0 aliphatic heterocycles. The maximum absolute atomic E-state index is 5.64. The summed E-state index contributed by atoms with van der Waals surface area (Å²) in [5.74, 6) is 0.872. The lowest BCUT2D eigenvalue weighted by Gasteiger charge is -2.11. The highest BCUT2D eigenvalue weighted by molar-refractivity contribution is 5.47. The zero-order valence-corrected chi connectivity index (χ0v) is 9.62. The van der Waals surface area contributed by atoms with Crippen molar-refractivity contribution in [3.63, 3.8) is 0 Å². The van der Waals surface area contributed by atoms with Crippen LogP contribution in [0.5, 0.6) is 5.75 Å². The Kier molecular flexibility index (Phi) is 4.43. The molecule has 0 fully saturated rings. The van der Waals surface area contributed by atoms with E-state index in [1.807, 2.05) is 39.0 Å². The molecule has 15 heavy (non-hydrogen) atoms. The molecule has 3 heteroatoms. The van der Waals surface area contributed by atoms with Gasteiger partial charge in [-0.2, -0.15) is 0 Å². The number of hydrogen-bond acceptors (Lipinski definition) is 3. The number of benzene rings is 1. The number of ether oxygens (including phenoxy) is 2. The first kappa shape index (κ1) is 11.9. The highest BCUT2D eigenvalue weighted by atomic mass is 16.5. The molecule has 0 radical (unpaired) electrons. The summed E-state index contributed by atoms with van der Waals surface area (Å²) >= 11 is 0. The van der Waals surface area contributed by atoms with Gasteiger partial charge in [-0.25, -0.2) is 0 Å². The SMILES string of the molecule is Cc1cc(N)ccc1OCCOC(C)C. The van der Waals surface area contributed by atoms with Crippen LogP contribution in [0.4, 0.5) is 5.69 Å². The van der Waals surface area contributed by atoms with Crippen LogP contribution in [0.15, 0.2) is 18.2 Å². The Hall–Kier alpha value is -1.22. The van der Waals surface area contributed by atoms with Crippen molar-refractivity contribution in [1.29, 1.82) is 0 Å². The quantitative estimate of drug-likeness (QED) is 0.598. The van der Waals surface area contributed by atoms with Crippen LogP contribution >= 0.6 is 0 Å². The fourth-order valence-electron chi connectivity index (χ4n) is 1.27. The van der Waals surface area contributed by atoms with Crippen molar-refractivity contribution in [3.8, 4) is 5.75 Å². The first-order chi connectivity index (χ1) is 7.09. The van der Waals surface area contributed by atoms with E-state index in [2.05, 4.69) is 0 Å². The first-order valence-electron chi connectivity index (χ1n) is 5.20. The second-order valence-electron chi connectivity index (χ2n) is 3.79. The van der Waals surface area contributed by atoms with E-state index >= 15 is 0 Å². The summed E-state index contributed by atoms with van der Waals surface area (Å²) in [7, 11) is 0. The summed E-state index contributed by atoms with van der Waals surface area (Å²) in [5.41, 5.74) is 7.46. The molecule has 0 bridgehead atoms. The Morgan fingerprint density at radius 1 is 1.27 bits per heavy atom. The van der Waals surface area contributed by atoms with Crippen molar-refractivity contribution < 1.29 is 9.47 Å². The monoisotopic (exact) mass is 209 g/mol. The highest BCUT2D eigenvalue weighted by Gasteiger charge is 2.00. The molecule has 0 atom stereocenters. The molecule has 0 saturated carbocycles. The van der Waals surface area contributed by atoms with E-state index in [9.17, 15) is 0 Å². The normalized spacial score (nSPS) is 10.7. The molecule has 1 aromatic carbocycles. The number of anilines is 1. The van der Waals surface area contributed by atoms with Crippen molar-refractivity contribution in [1.82, 2.24) is 0 Å². The van der Waals surface area contributed by atoms with Gasteiger partial charge in [-0.3, -0.25) is 0 Å². The molecule has 84 valence electrons. The van der Waals surface area contributed by atoms with Crippen LogP contribution in [-0.4, -0.2) is 19.3 Å². The van der Waals surface area contributed by atoms with Crippen LogP contribution in [0.3, 0.4) is 0 Å². The fourth-order valence-corrected chi connectivity index (χ4v) is 1.27. The molecule has 0 saturated heterocycles. The maximum atomic E-state index is 5.64. The number of rotatable bonds is 5. The van der Waals surface area contributed by atoms with Crippen LogP contribution < -0.4 is 10.5 Å². The predicted octanol–water partition coefficient (Wildman–Crippen LogP) is 2.38. The van der Waals surface area contributed by atoms with Crippen molar-refractivity contribution in [2.24, 2.45) is 0 Å². The largest absolute Gasteiger partial charge is 0.491 e. The van der Waals surface area contributed by atoms with E-state index in [1.165, 1.54) is 0 Å². The number of hydrogen-bond donors (Lipinski definition) is 1. The lowest BCUT2D eigenvalue weighted by Crippen LogP contribution is -2.11. The van der Waals surface area contributed by atoms with Gasteiger partial charge in [0.2, 0.25) is 0 Å². The zero-order chi connectivity index (χ0) is 11.3. The highest BCUT2D eigenvalue weighted by Crippen LogP contribution is 2.19. The second-order valence-corrected chi connectivity index (χ2v) is 3.79. The molecule has 2 N–H and O–H groups in total. The van der Waals surface area contributed by atoms with Gasteiger partial charge in [0.25, 0.3) is 0 Å². The van der Waals surface area contributed by atoms with E-state index in [-0.39, 0.29) is 6.10 Å². The van der Waals surface area contributed by atoms with Gasteiger partial charge in [-0.15, -0.1) is 0 Å². The zero-order valence-electron chi connectivity index (χ0n) is 9.62. The molecular weight excluding hydrogens is 190 g/mol. The second kappa shape index (κ2) is 5.61. The average Bonchev–Trinajstić information content (AvgIpc) is 2.14. The van der Waals surface area contributed by atoms with Crippen LogP contribution in [-0.2, 0) is 4.74 Å². The van der Waals surface area contributed by atoms with Crippen LogP contribution in [0.25, 0.3) is 0 Å². The van der Waals surface area contributed by atoms with Crippen molar-refractivity contribution in [2.45, 2.75) is 26.9 Å². The summed E-state index contributed by atoms with van der Waals surface area (Å²) in [5, 5.41) is 0. The third-order valence-corrected chi connectivity index (χ3v) is 1.99. The number of aryl methyl sites for hydroxylation is 1. The Morgan fingerprint density at radius 3 is 2.60 bits per heavy atom. The Balaban J connectivity index is 2.37. The Bertz CT molecular complexity index is 310. The van der Waals surface area contributed by atoms with Gasteiger partial charge >= 0.3 is 0 Å². The smallest absolute Gasteiger partial charge is 0.122 e. The van der Waals surface area contributed by atoms with Gasteiger partial charge < -0.3 is 15.2 Å². The standard InChI is InChI=1S/C12H19NO2/c1-9(2)14-6-7-15-12-5-4-11(13)8-10(12)3/h4-5,8-9H,6-7,13H2,1-3H3. The van der Waals surface area contributed by atoms with E-state index < -0.39 is 0 Å². The Labute approximate surface area is 91.2 Å². The molecule has 0 amide bonds.